The van der Waals surface area contributed by atoms with Gasteiger partial charge in [0.2, 0.25) is 0 Å². The smallest absolute Gasteiger partial charge is 0.338 e. The fourth-order valence-electron chi connectivity index (χ4n) is 1.48. The summed E-state index contributed by atoms with van der Waals surface area (Å²) in [5, 5.41) is 8.67. The molecule has 0 aliphatic carbocycles. The number of carboxylic acid groups (broad SMARTS) is 1. The summed E-state index contributed by atoms with van der Waals surface area (Å²) in [6.45, 7) is 1.98. The van der Waals surface area contributed by atoms with Crippen LogP contribution in [0.3, 0.4) is 0 Å². The van der Waals surface area contributed by atoms with E-state index in [0.717, 1.165) is 11.8 Å². The summed E-state index contributed by atoms with van der Waals surface area (Å²) in [6.07, 6.45) is 0. The Labute approximate surface area is 103 Å². The van der Waals surface area contributed by atoms with E-state index in [1.54, 1.807) is 12.1 Å². The zero-order valence-corrected chi connectivity index (χ0v) is 9.64. The highest BCUT2D eigenvalue weighted by molar-refractivity contribution is 5.88. The summed E-state index contributed by atoms with van der Waals surface area (Å²) < 4.78 is 23.9. The monoisotopic (exact) mass is 250 g/mol. The molecule has 0 saturated carbocycles. The number of aromatic carboxylic acids is 1. The molecule has 0 unspecified atom stereocenters. The molecular weight excluding hydrogens is 239 g/mol. The Morgan fingerprint density at radius 2 is 2.17 bits per heavy atom. The lowest BCUT2D eigenvalue weighted by molar-refractivity contribution is 0.0691. The molecule has 2 aromatic rings. The second-order valence-corrected chi connectivity index (χ2v) is 3.75. The van der Waals surface area contributed by atoms with Crippen LogP contribution >= 0.6 is 0 Å². The van der Waals surface area contributed by atoms with Crippen LogP contribution in [0.25, 0.3) is 0 Å². The number of benzene rings is 1. The van der Waals surface area contributed by atoms with Crippen molar-refractivity contribution in [2.45, 2.75) is 13.5 Å². The van der Waals surface area contributed by atoms with Gasteiger partial charge in [0.15, 0.2) is 0 Å². The van der Waals surface area contributed by atoms with Crippen molar-refractivity contribution < 1.29 is 23.4 Å². The first kappa shape index (κ1) is 12.2. The maximum atomic E-state index is 13.3. The second-order valence-electron chi connectivity index (χ2n) is 3.75. The summed E-state index contributed by atoms with van der Waals surface area (Å²) in [5.41, 5.74) is -0.379. The Morgan fingerprint density at radius 1 is 1.39 bits per heavy atom. The van der Waals surface area contributed by atoms with E-state index >= 15 is 0 Å². The van der Waals surface area contributed by atoms with E-state index in [1.807, 2.05) is 6.92 Å². The van der Waals surface area contributed by atoms with Crippen LogP contribution in [0.2, 0.25) is 0 Å². The Bertz CT molecular complexity index is 574. The minimum atomic E-state index is -1.30. The number of carboxylic acids is 1. The lowest BCUT2D eigenvalue weighted by Gasteiger charge is -2.05. The number of ether oxygens (including phenoxy) is 1. The van der Waals surface area contributed by atoms with Gasteiger partial charge in [-0.1, -0.05) is 0 Å². The molecule has 5 heteroatoms. The fraction of sp³-hybridized carbons (Fsp3) is 0.154. The molecule has 18 heavy (non-hydrogen) atoms. The van der Waals surface area contributed by atoms with Gasteiger partial charge in [0, 0.05) is 6.07 Å². The lowest BCUT2D eigenvalue weighted by Crippen LogP contribution is -2.01. The molecule has 0 spiro atoms. The van der Waals surface area contributed by atoms with E-state index < -0.39 is 11.8 Å². The molecule has 0 radical (unpaired) electrons. The molecule has 0 saturated heterocycles. The average Bonchev–Trinajstić information content (AvgIpc) is 2.72. The van der Waals surface area contributed by atoms with Crippen LogP contribution < -0.4 is 4.74 Å². The van der Waals surface area contributed by atoms with Crippen molar-refractivity contribution in [3.05, 3.63) is 53.2 Å². The van der Waals surface area contributed by atoms with Gasteiger partial charge >= 0.3 is 5.97 Å². The van der Waals surface area contributed by atoms with Gasteiger partial charge in [-0.05, 0) is 31.2 Å². The van der Waals surface area contributed by atoms with Crippen molar-refractivity contribution in [2.24, 2.45) is 0 Å². The molecule has 0 amide bonds. The summed E-state index contributed by atoms with van der Waals surface area (Å²) in [5.74, 6) is -0.487. The minimum Gasteiger partial charge on any atom is -0.486 e. The minimum absolute atomic E-state index is 0.166. The summed E-state index contributed by atoms with van der Waals surface area (Å²) in [7, 11) is 0. The van der Waals surface area contributed by atoms with Crippen LogP contribution in [0.5, 0.6) is 5.75 Å². The van der Waals surface area contributed by atoms with E-state index in [2.05, 4.69) is 0 Å². The van der Waals surface area contributed by atoms with Crippen molar-refractivity contribution in [1.82, 2.24) is 0 Å². The molecule has 94 valence electrons. The molecule has 1 heterocycles. The predicted molar refractivity (Wildman–Crippen MR) is 61.1 cm³/mol. The van der Waals surface area contributed by atoms with Gasteiger partial charge < -0.3 is 14.3 Å². The summed E-state index contributed by atoms with van der Waals surface area (Å²) in [6, 6.07) is 7.17. The zero-order chi connectivity index (χ0) is 13.1. The number of rotatable bonds is 4. The largest absolute Gasteiger partial charge is 0.486 e. The van der Waals surface area contributed by atoms with E-state index in [0.29, 0.717) is 5.76 Å². The Morgan fingerprint density at radius 3 is 2.72 bits per heavy atom. The van der Waals surface area contributed by atoms with Crippen molar-refractivity contribution in [3.8, 4) is 5.75 Å². The highest BCUT2D eigenvalue weighted by Gasteiger charge is 2.11. The van der Waals surface area contributed by atoms with E-state index in [4.69, 9.17) is 14.3 Å². The molecule has 1 aromatic heterocycles. The van der Waals surface area contributed by atoms with Gasteiger partial charge in [0.25, 0.3) is 0 Å². The molecule has 2 rings (SSSR count). The van der Waals surface area contributed by atoms with Crippen molar-refractivity contribution in [2.75, 3.05) is 0 Å². The number of carbonyl (C=O) groups is 1. The first-order valence-electron chi connectivity index (χ1n) is 5.27. The summed E-state index contributed by atoms with van der Waals surface area (Å²) >= 11 is 0. The van der Waals surface area contributed by atoms with Gasteiger partial charge in [-0.3, -0.25) is 0 Å². The average molecular weight is 250 g/mol. The first-order chi connectivity index (χ1) is 8.56. The van der Waals surface area contributed by atoms with Crippen molar-refractivity contribution in [3.63, 3.8) is 0 Å². The van der Waals surface area contributed by atoms with Gasteiger partial charge in [0.05, 0.1) is 5.56 Å². The van der Waals surface area contributed by atoms with Crippen molar-refractivity contribution in [1.29, 1.82) is 0 Å². The van der Waals surface area contributed by atoms with Crippen LogP contribution in [0.4, 0.5) is 4.39 Å². The quantitative estimate of drug-likeness (QED) is 0.906. The fourth-order valence-corrected chi connectivity index (χ4v) is 1.48. The zero-order valence-electron chi connectivity index (χ0n) is 9.64. The Balaban J connectivity index is 2.06. The van der Waals surface area contributed by atoms with Gasteiger partial charge in [-0.2, -0.15) is 0 Å². The van der Waals surface area contributed by atoms with Gasteiger partial charge in [-0.25, -0.2) is 9.18 Å². The highest BCUT2D eigenvalue weighted by Crippen LogP contribution is 2.18. The Hall–Kier alpha value is -2.30. The standard InChI is InChI=1S/C13H11FO4/c1-8-2-3-10(18-8)7-17-9-4-5-11(13(15)16)12(14)6-9/h2-6H,7H2,1H3,(H,15,16). The predicted octanol–water partition coefficient (Wildman–Crippen LogP) is 3.00. The molecule has 0 aliphatic heterocycles. The number of hydrogen-bond donors (Lipinski definition) is 1. The number of aryl methyl sites for hydroxylation is 1. The lowest BCUT2D eigenvalue weighted by atomic mass is 10.2. The SMILES string of the molecule is Cc1ccc(COc2ccc(C(=O)O)c(F)c2)o1. The Kier molecular flexibility index (Phi) is 3.32. The third-order valence-corrected chi connectivity index (χ3v) is 2.35. The molecule has 0 bridgehead atoms. The van der Waals surface area contributed by atoms with E-state index in [1.165, 1.54) is 12.1 Å². The maximum Gasteiger partial charge on any atom is 0.338 e. The molecule has 1 N–H and O–H groups in total. The third-order valence-electron chi connectivity index (χ3n) is 2.35. The van der Waals surface area contributed by atoms with Crippen molar-refractivity contribution >= 4 is 5.97 Å². The summed E-state index contributed by atoms with van der Waals surface area (Å²) in [4.78, 5) is 10.6. The van der Waals surface area contributed by atoms with Crippen LogP contribution in [-0.4, -0.2) is 11.1 Å². The van der Waals surface area contributed by atoms with E-state index in [-0.39, 0.29) is 17.9 Å². The molecule has 1 aromatic carbocycles. The second kappa shape index (κ2) is 4.91. The van der Waals surface area contributed by atoms with Crippen LogP contribution in [0.15, 0.2) is 34.7 Å². The third kappa shape index (κ3) is 2.68. The van der Waals surface area contributed by atoms with Crippen LogP contribution in [0.1, 0.15) is 21.9 Å². The molecule has 0 atom stereocenters. The van der Waals surface area contributed by atoms with Crippen LogP contribution in [-0.2, 0) is 6.61 Å². The number of hydrogen-bond acceptors (Lipinski definition) is 3. The van der Waals surface area contributed by atoms with Gasteiger partial charge in [0.1, 0.15) is 29.7 Å². The van der Waals surface area contributed by atoms with E-state index in [9.17, 15) is 9.18 Å². The first-order valence-corrected chi connectivity index (χ1v) is 5.27. The molecule has 4 nitrogen and oxygen atoms in total. The molecule has 0 aliphatic rings. The number of furan rings is 1. The van der Waals surface area contributed by atoms with Gasteiger partial charge in [-0.15, -0.1) is 0 Å². The maximum absolute atomic E-state index is 13.3. The molecular formula is C13H11FO4. The number of halogens is 1. The van der Waals surface area contributed by atoms with Crippen LogP contribution in [0, 0.1) is 12.7 Å². The molecule has 0 fully saturated rings. The normalized spacial score (nSPS) is 10.3. The highest BCUT2D eigenvalue weighted by atomic mass is 19.1. The topological polar surface area (TPSA) is 59.7 Å².